The van der Waals surface area contributed by atoms with E-state index in [2.05, 4.69) is 21.2 Å². The zero-order chi connectivity index (χ0) is 13.8. The second-order valence-corrected chi connectivity index (χ2v) is 5.88. The van der Waals surface area contributed by atoms with E-state index in [1.807, 2.05) is 13.0 Å². The lowest BCUT2D eigenvalue weighted by atomic mass is 10.0. The SMILES string of the molecule is Cc1cc(Br)cc(N2C(=O)NC(=O)C3(CC3)C2=O)c1. The summed E-state index contributed by atoms with van der Waals surface area (Å²) in [6.07, 6.45) is 1.02. The Labute approximate surface area is 118 Å². The van der Waals surface area contributed by atoms with Crippen molar-refractivity contribution in [2.75, 3.05) is 4.90 Å². The molecular formula is C13H11BrN2O3. The number of carbonyl (C=O) groups is 3. The van der Waals surface area contributed by atoms with E-state index in [1.165, 1.54) is 0 Å². The molecule has 1 spiro atoms. The number of benzene rings is 1. The number of halogens is 1. The van der Waals surface area contributed by atoms with Gasteiger partial charge in [-0.1, -0.05) is 15.9 Å². The smallest absolute Gasteiger partial charge is 0.276 e. The van der Waals surface area contributed by atoms with E-state index in [4.69, 9.17) is 0 Å². The zero-order valence-corrected chi connectivity index (χ0v) is 11.8. The first-order valence-corrected chi connectivity index (χ1v) is 6.70. The predicted octanol–water partition coefficient (Wildman–Crippen LogP) is 2.12. The van der Waals surface area contributed by atoms with Crippen LogP contribution in [-0.4, -0.2) is 17.8 Å². The summed E-state index contributed by atoms with van der Waals surface area (Å²) in [6, 6.07) is 4.64. The average Bonchev–Trinajstić information content (AvgIpc) is 3.06. The fourth-order valence-electron chi connectivity index (χ4n) is 2.32. The predicted molar refractivity (Wildman–Crippen MR) is 71.6 cm³/mol. The fourth-order valence-corrected chi connectivity index (χ4v) is 2.92. The maximum atomic E-state index is 12.4. The quantitative estimate of drug-likeness (QED) is 0.805. The molecule has 1 aliphatic carbocycles. The summed E-state index contributed by atoms with van der Waals surface area (Å²) in [6.45, 7) is 1.87. The van der Waals surface area contributed by atoms with Gasteiger partial charge in [0.2, 0.25) is 5.91 Å². The molecule has 0 unspecified atom stereocenters. The van der Waals surface area contributed by atoms with E-state index < -0.39 is 23.3 Å². The van der Waals surface area contributed by atoms with Gasteiger partial charge in [-0.05, 0) is 43.5 Å². The van der Waals surface area contributed by atoms with Gasteiger partial charge in [-0.25, -0.2) is 9.69 Å². The van der Waals surface area contributed by atoms with Crippen molar-refractivity contribution in [1.29, 1.82) is 0 Å². The van der Waals surface area contributed by atoms with Gasteiger partial charge in [0.15, 0.2) is 0 Å². The maximum Gasteiger partial charge on any atom is 0.335 e. The molecule has 1 saturated carbocycles. The number of imide groups is 2. The molecule has 4 amide bonds. The molecule has 98 valence electrons. The van der Waals surface area contributed by atoms with Gasteiger partial charge in [-0.3, -0.25) is 14.9 Å². The Bertz CT molecular complexity index is 602. The van der Waals surface area contributed by atoms with E-state index in [0.29, 0.717) is 18.5 Å². The van der Waals surface area contributed by atoms with Crippen LogP contribution >= 0.6 is 15.9 Å². The second-order valence-electron chi connectivity index (χ2n) is 4.97. The molecule has 1 heterocycles. The van der Waals surface area contributed by atoms with E-state index in [9.17, 15) is 14.4 Å². The van der Waals surface area contributed by atoms with Crippen LogP contribution < -0.4 is 10.2 Å². The van der Waals surface area contributed by atoms with Crippen LogP contribution in [0.1, 0.15) is 18.4 Å². The number of hydrogen-bond donors (Lipinski definition) is 1. The van der Waals surface area contributed by atoms with E-state index >= 15 is 0 Å². The molecule has 2 fully saturated rings. The number of urea groups is 1. The highest BCUT2D eigenvalue weighted by Crippen LogP contribution is 2.49. The average molecular weight is 323 g/mol. The minimum absolute atomic E-state index is 0.418. The fraction of sp³-hybridized carbons (Fsp3) is 0.308. The Kier molecular flexibility index (Phi) is 2.53. The molecule has 1 aromatic rings. The Morgan fingerprint density at radius 2 is 1.89 bits per heavy atom. The van der Waals surface area contributed by atoms with Gasteiger partial charge in [0.05, 0.1) is 5.69 Å². The van der Waals surface area contributed by atoms with Crippen LogP contribution in [0.3, 0.4) is 0 Å². The topological polar surface area (TPSA) is 66.5 Å². The number of hydrogen-bond acceptors (Lipinski definition) is 3. The molecule has 1 aliphatic heterocycles. The van der Waals surface area contributed by atoms with Gasteiger partial charge >= 0.3 is 6.03 Å². The van der Waals surface area contributed by atoms with Crippen molar-refractivity contribution in [3.8, 4) is 0 Å². The number of rotatable bonds is 1. The van der Waals surface area contributed by atoms with Crippen molar-refractivity contribution in [3.05, 3.63) is 28.2 Å². The van der Waals surface area contributed by atoms with Gasteiger partial charge in [0.1, 0.15) is 5.41 Å². The van der Waals surface area contributed by atoms with Crippen LogP contribution in [0.25, 0.3) is 0 Å². The number of carbonyl (C=O) groups excluding carboxylic acids is 3. The molecule has 1 saturated heterocycles. The van der Waals surface area contributed by atoms with Crippen molar-refractivity contribution >= 4 is 39.5 Å². The van der Waals surface area contributed by atoms with Crippen LogP contribution in [0.4, 0.5) is 10.5 Å². The van der Waals surface area contributed by atoms with Crippen molar-refractivity contribution in [2.24, 2.45) is 5.41 Å². The molecule has 19 heavy (non-hydrogen) atoms. The first-order valence-electron chi connectivity index (χ1n) is 5.91. The first-order chi connectivity index (χ1) is 8.94. The van der Waals surface area contributed by atoms with E-state index in [0.717, 1.165) is 14.9 Å². The third-order valence-electron chi connectivity index (χ3n) is 3.51. The Morgan fingerprint density at radius 1 is 1.21 bits per heavy atom. The summed E-state index contributed by atoms with van der Waals surface area (Å²) in [5, 5.41) is 2.26. The van der Waals surface area contributed by atoms with Crippen molar-refractivity contribution < 1.29 is 14.4 Å². The summed E-state index contributed by atoms with van der Waals surface area (Å²) < 4.78 is 0.782. The lowest BCUT2D eigenvalue weighted by Gasteiger charge is -2.30. The molecule has 0 aromatic heterocycles. The number of nitrogens with one attached hydrogen (secondary N) is 1. The zero-order valence-electron chi connectivity index (χ0n) is 10.2. The van der Waals surface area contributed by atoms with Crippen LogP contribution in [0, 0.1) is 12.3 Å². The minimum atomic E-state index is -1.01. The highest BCUT2D eigenvalue weighted by molar-refractivity contribution is 9.10. The highest BCUT2D eigenvalue weighted by atomic mass is 79.9. The van der Waals surface area contributed by atoms with Gasteiger partial charge in [-0.15, -0.1) is 0 Å². The lowest BCUT2D eigenvalue weighted by molar-refractivity contribution is -0.136. The summed E-state index contributed by atoms with van der Waals surface area (Å²) in [7, 11) is 0. The Balaban J connectivity index is 2.06. The maximum absolute atomic E-state index is 12.4. The number of barbiturate groups is 1. The third-order valence-corrected chi connectivity index (χ3v) is 3.96. The molecule has 0 atom stereocenters. The molecule has 0 radical (unpaired) electrons. The summed E-state index contributed by atoms with van der Waals surface area (Å²) in [4.78, 5) is 37.1. The van der Waals surface area contributed by atoms with Crippen LogP contribution in [0.5, 0.6) is 0 Å². The third kappa shape index (κ3) is 1.78. The molecule has 1 N–H and O–H groups in total. The largest absolute Gasteiger partial charge is 0.335 e. The number of amides is 4. The van der Waals surface area contributed by atoms with E-state index in [1.54, 1.807) is 12.1 Å². The molecule has 0 bridgehead atoms. The number of aryl methyl sites for hydroxylation is 1. The van der Waals surface area contributed by atoms with Gasteiger partial charge in [0, 0.05) is 4.47 Å². The minimum Gasteiger partial charge on any atom is -0.276 e. The van der Waals surface area contributed by atoms with Gasteiger partial charge in [0.25, 0.3) is 5.91 Å². The molecule has 5 nitrogen and oxygen atoms in total. The van der Waals surface area contributed by atoms with Gasteiger partial charge in [-0.2, -0.15) is 0 Å². The monoisotopic (exact) mass is 322 g/mol. The normalized spacial score (nSPS) is 20.7. The van der Waals surface area contributed by atoms with Crippen LogP contribution in [0.2, 0.25) is 0 Å². The molecule has 3 rings (SSSR count). The highest BCUT2D eigenvalue weighted by Gasteiger charge is 2.62. The van der Waals surface area contributed by atoms with Crippen molar-refractivity contribution in [2.45, 2.75) is 19.8 Å². The molecule has 1 aromatic carbocycles. The Hall–Kier alpha value is -1.69. The van der Waals surface area contributed by atoms with Gasteiger partial charge < -0.3 is 0 Å². The molecule has 6 heteroatoms. The number of nitrogens with zero attached hydrogens (tertiary/aromatic N) is 1. The summed E-state index contributed by atoms with van der Waals surface area (Å²) in [5.74, 6) is -0.885. The first kappa shape index (κ1) is 12.3. The van der Waals surface area contributed by atoms with Crippen molar-refractivity contribution in [1.82, 2.24) is 5.32 Å². The number of anilines is 1. The molecular weight excluding hydrogens is 312 g/mol. The lowest BCUT2D eigenvalue weighted by Crippen LogP contribution is -2.59. The standard InChI is InChI=1S/C13H11BrN2O3/c1-7-4-8(14)6-9(5-7)16-11(18)13(2-3-13)10(17)15-12(16)19/h4-6H,2-3H2,1H3,(H,15,17,19). The second kappa shape index (κ2) is 3.90. The molecule has 2 aliphatic rings. The van der Waals surface area contributed by atoms with E-state index in [-0.39, 0.29) is 0 Å². The van der Waals surface area contributed by atoms with Crippen LogP contribution in [0.15, 0.2) is 22.7 Å². The van der Waals surface area contributed by atoms with Crippen LogP contribution in [-0.2, 0) is 9.59 Å². The Morgan fingerprint density at radius 3 is 2.47 bits per heavy atom. The summed E-state index contributed by atoms with van der Waals surface area (Å²) in [5.41, 5.74) is 0.393. The van der Waals surface area contributed by atoms with Crippen molar-refractivity contribution in [3.63, 3.8) is 0 Å². The summed E-state index contributed by atoms with van der Waals surface area (Å²) >= 11 is 3.34.